The smallest absolute Gasteiger partial charge is 0.267 e. The van der Waals surface area contributed by atoms with Crippen LogP contribution in [-0.2, 0) is 10.0 Å². The Bertz CT molecular complexity index is 1050. The molecule has 0 aliphatic heterocycles. The first kappa shape index (κ1) is 18.4. The summed E-state index contributed by atoms with van der Waals surface area (Å²) in [5.41, 5.74) is 0.974. The predicted molar refractivity (Wildman–Crippen MR) is 104 cm³/mol. The first-order chi connectivity index (χ1) is 12.3. The van der Waals surface area contributed by atoms with E-state index in [1.807, 2.05) is 0 Å². The fourth-order valence-electron chi connectivity index (χ4n) is 2.18. The summed E-state index contributed by atoms with van der Waals surface area (Å²) in [4.78, 5) is 17.0. The number of halogens is 1. The van der Waals surface area contributed by atoms with Gasteiger partial charge < -0.3 is 5.32 Å². The molecule has 1 amide bonds. The fraction of sp³-hybridized carbons (Fsp3) is 0.0588. The number of carbonyl (C=O) groups is 1. The van der Waals surface area contributed by atoms with Gasteiger partial charge in [0, 0.05) is 10.7 Å². The highest BCUT2D eigenvalue weighted by molar-refractivity contribution is 7.93. The third-order valence-corrected chi connectivity index (χ3v) is 6.15. The van der Waals surface area contributed by atoms with Crippen molar-refractivity contribution in [3.63, 3.8) is 0 Å². The number of thiazole rings is 1. The molecule has 9 heteroatoms. The van der Waals surface area contributed by atoms with Gasteiger partial charge in [-0.15, -0.1) is 0 Å². The number of aryl methyl sites for hydroxylation is 1. The Morgan fingerprint density at radius 2 is 1.85 bits per heavy atom. The highest BCUT2D eigenvalue weighted by atomic mass is 35.5. The number of rotatable bonds is 5. The summed E-state index contributed by atoms with van der Waals surface area (Å²) in [7, 11) is -3.76. The Morgan fingerprint density at radius 1 is 1.12 bits per heavy atom. The molecular formula is C17H14ClN3O3S2. The lowest BCUT2D eigenvalue weighted by Crippen LogP contribution is -2.12. The fourth-order valence-corrected chi connectivity index (χ4v) is 4.49. The molecule has 2 aromatic carbocycles. The molecule has 0 atom stereocenters. The number of aromatic nitrogens is 1. The van der Waals surface area contributed by atoms with Crippen molar-refractivity contribution in [1.29, 1.82) is 0 Å². The first-order valence-electron chi connectivity index (χ1n) is 7.47. The molecule has 0 unspecified atom stereocenters. The van der Waals surface area contributed by atoms with Gasteiger partial charge in [0.05, 0.1) is 10.6 Å². The molecule has 0 spiro atoms. The van der Waals surface area contributed by atoms with Crippen molar-refractivity contribution in [2.75, 3.05) is 10.0 Å². The Labute approximate surface area is 159 Å². The van der Waals surface area contributed by atoms with Crippen molar-refractivity contribution >= 4 is 49.7 Å². The summed E-state index contributed by atoms with van der Waals surface area (Å²) in [5, 5.41) is 3.35. The van der Waals surface area contributed by atoms with Crippen LogP contribution in [0.2, 0.25) is 5.02 Å². The summed E-state index contributed by atoms with van der Waals surface area (Å²) < 4.78 is 27.1. The van der Waals surface area contributed by atoms with E-state index in [2.05, 4.69) is 15.0 Å². The maximum Gasteiger partial charge on any atom is 0.267 e. The largest absolute Gasteiger partial charge is 0.321 e. The highest BCUT2D eigenvalue weighted by Gasteiger charge is 2.20. The first-order valence-corrected chi connectivity index (χ1v) is 10.1. The SMILES string of the molecule is Cc1nc(NS(=O)(=O)c2ccccc2)sc1C(=O)Nc1cccc(Cl)c1. The quantitative estimate of drug-likeness (QED) is 0.664. The monoisotopic (exact) mass is 407 g/mol. The summed E-state index contributed by atoms with van der Waals surface area (Å²) in [6.07, 6.45) is 0. The predicted octanol–water partition coefficient (Wildman–Crippen LogP) is 4.16. The lowest BCUT2D eigenvalue weighted by atomic mass is 10.3. The third kappa shape index (κ3) is 4.21. The zero-order valence-electron chi connectivity index (χ0n) is 13.6. The Morgan fingerprint density at radius 3 is 2.54 bits per heavy atom. The van der Waals surface area contributed by atoms with Crippen LogP contribution in [0.1, 0.15) is 15.4 Å². The summed E-state index contributed by atoms with van der Waals surface area (Å²) in [6, 6.07) is 14.7. The van der Waals surface area contributed by atoms with E-state index < -0.39 is 10.0 Å². The second kappa shape index (κ2) is 7.45. The molecule has 0 bridgehead atoms. The van der Waals surface area contributed by atoms with Gasteiger partial charge in [-0.25, -0.2) is 13.4 Å². The van der Waals surface area contributed by atoms with E-state index >= 15 is 0 Å². The zero-order chi connectivity index (χ0) is 18.7. The van der Waals surface area contributed by atoms with Gasteiger partial charge in [0.15, 0.2) is 5.13 Å². The molecule has 1 aromatic heterocycles. The molecule has 0 radical (unpaired) electrons. The van der Waals surface area contributed by atoms with E-state index in [-0.39, 0.29) is 15.9 Å². The number of carbonyl (C=O) groups excluding carboxylic acids is 1. The van der Waals surface area contributed by atoms with E-state index in [4.69, 9.17) is 11.6 Å². The normalized spacial score (nSPS) is 11.2. The van der Waals surface area contributed by atoms with E-state index in [9.17, 15) is 13.2 Å². The maximum absolute atomic E-state index is 12.4. The molecule has 0 aliphatic rings. The Kier molecular flexibility index (Phi) is 5.26. The number of nitrogens with one attached hydrogen (secondary N) is 2. The molecule has 3 rings (SSSR count). The lowest BCUT2D eigenvalue weighted by Gasteiger charge is -2.04. The number of benzene rings is 2. The molecule has 0 aliphatic carbocycles. The number of hydrogen-bond acceptors (Lipinski definition) is 5. The molecule has 0 saturated heterocycles. The Hall–Kier alpha value is -2.42. The van der Waals surface area contributed by atoms with Gasteiger partial charge >= 0.3 is 0 Å². The van der Waals surface area contributed by atoms with Crippen LogP contribution in [0.25, 0.3) is 0 Å². The minimum absolute atomic E-state index is 0.123. The van der Waals surface area contributed by atoms with Crippen LogP contribution in [0.3, 0.4) is 0 Å². The highest BCUT2D eigenvalue weighted by Crippen LogP contribution is 2.26. The van der Waals surface area contributed by atoms with Gasteiger partial charge in [-0.1, -0.05) is 47.2 Å². The summed E-state index contributed by atoms with van der Waals surface area (Å²) in [6.45, 7) is 1.64. The molecule has 3 aromatic rings. The number of sulfonamides is 1. The number of anilines is 2. The van der Waals surface area contributed by atoms with Gasteiger partial charge in [-0.05, 0) is 37.3 Å². The van der Waals surface area contributed by atoms with Crippen LogP contribution in [0.4, 0.5) is 10.8 Å². The maximum atomic E-state index is 12.4. The molecule has 26 heavy (non-hydrogen) atoms. The van der Waals surface area contributed by atoms with Gasteiger partial charge in [0.2, 0.25) is 0 Å². The average Bonchev–Trinajstić information content (AvgIpc) is 2.95. The zero-order valence-corrected chi connectivity index (χ0v) is 16.0. The summed E-state index contributed by atoms with van der Waals surface area (Å²) >= 11 is 6.87. The molecule has 134 valence electrons. The van der Waals surface area contributed by atoms with Crippen molar-refractivity contribution in [3.05, 3.63) is 70.2 Å². The van der Waals surface area contributed by atoms with E-state index in [0.717, 1.165) is 11.3 Å². The third-order valence-electron chi connectivity index (χ3n) is 3.36. The number of amides is 1. The lowest BCUT2D eigenvalue weighted by molar-refractivity contribution is 0.103. The van der Waals surface area contributed by atoms with Gasteiger partial charge in [0.25, 0.3) is 15.9 Å². The average molecular weight is 408 g/mol. The second-order valence-corrected chi connectivity index (χ2v) is 8.43. The van der Waals surface area contributed by atoms with Crippen LogP contribution in [-0.4, -0.2) is 19.3 Å². The van der Waals surface area contributed by atoms with Crippen molar-refractivity contribution in [3.8, 4) is 0 Å². The Balaban J connectivity index is 1.80. The van der Waals surface area contributed by atoms with Crippen molar-refractivity contribution < 1.29 is 13.2 Å². The van der Waals surface area contributed by atoms with Crippen molar-refractivity contribution in [1.82, 2.24) is 4.98 Å². The van der Waals surface area contributed by atoms with Crippen LogP contribution < -0.4 is 10.0 Å². The van der Waals surface area contributed by atoms with E-state index in [0.29, 0.717) is 21.3 Å². The van der Waals surface area contributed by atoms with E-state index in [1.165, 1.54) is 12.1 Å². The molecule has 1 heterocycles. The molecule has 2 N–H and O–H groups in total. The molecular weight excluding hydrogens is 394 g/mol. The standard InChI is InChI=1S/C17H14ClN3O3S2/c1-11-15(16(22)20-13-7-5-6-12(18)10-13)25-17(19-11)21-26(23,24)14-8-3-2-4-9-14/h2-10H,1H3,(H,19,21)(H,20,22). The number of nitrogens with zero attached hydrogens (tertiary/aromatic N) is 1. The van der Waals surface area contributed by atoms with Crippen molar-refractivity contribution in [2.45, 2.75) is 11.8 Å². The van der Waals surface area contributed by atoms with E-state index in [1.54, 1.807) is 49.4 Å². The van der Waals surface area contributed by atoms with Crippen LogP contribution in [0.15, 0.2) is 59.5 Å². The second-order valence-electron chi connectivity index (χ2n) is 5.32. The van der Waals surface area contributed by atoms with Gasteiger partial charge in [0.1, 0.15) is 4.88 Å². The number of hydrogen-bond donors (Lipinski definition) is 2. The summed E-state index contributed by atoms with van der Waals surface area (Å²) in [5.74, 6) is -0.382. The minimum atomic E-state index is -3.76. The van der Waals surface area contributed by atoms with Crippen LogP contribution in [0, 0.1) is 6.92 Å². The van der Waals surface area contributed by atoms with Crippen LogP contribution in [0.5, 0.6) is 0 Å². The topological polar surface area (TPSA) is 88.2 Å². The molecule has 0 saturated carbocycles. The minimum Gasteiger partial charge on any atom is -0.321 e. The van der Waals surface area contributed by atoms with Crippen molar-refractivity contribution in [2.24, 2.45) is 0 Å². The molecule has 6 nitrogen and oxygen atoms in total. The van der Waals surface area contributed by atoms with Gasteiger partial charge in [-0.3, -0.25) is 9.52 Å². The van der Waals surface area contributed by atoms with Crippen LogP contribution >= 0.6 is 22.9 Å². The molecule has 0 fully saturated rings. The van der Waals surface area contributed by atoms with Gasteiger partial charge in [-0.2, -0.15) is 0 Å².